The Kier molecular flexibility index (Phi) is 8.00. The number of aromatic nitrogens is 1. The summed E-state index contributed by atoms with van der Waals surface area (Å²) in [6.45, 7) is 6.70. The fourth-order valence-electron chi connectivity index (χ4n) is 3.28. The van der Waals surface area contributed by atoms with Crippen molar-refractivity contribution in [2.45, 2.75) is 39.7 Å². The van der Waals surface area contributed by atoms with Crippen LogP contribution in [-0.2, 0) is 11.2 Å². The second kappa shape index (κ2) is 10.9. The smallest absolute Gasteiger partial charge is 0.255 e. The number of hydrogen-bond acceptors (Lipinski definition) is 5. The maximum Gasteiger partial charge on any atom is 0.255 e. The van der Waals surface area contributed by atoms with Crippen LogP contribution in [-0.4, -0.2) is 36.0 Å². The minimum Gasteiger partial charge on any atom is -0.493 e. The molecule has 31 heavy (non-hydrogen) atoms. The van der Waals surface area contributed by atoms with Crippen molar-refractivity contribution in [1.29, 1.82) is 0 Å². The van der Waals surface area contributed by atoms with E-state index < -0.39 is 6.04 Å². The topological polar surface area (TPSA) is 80.3 Å². The molecule has 164 valence electrons. The van der Waals surface area contributed by atoms with Crippen molar-refractivity contribution < 1.29 is 14.3 Å². The van der Waals surface area contributed by atoms with Crippen molar-refractivity contribution in [3.05, 3.63) is 59.1 Å². The molecule has 0 bridgehead atoms. The number of carbonyl (C=O) groups is 2. The first-order chi connectivity index (χ1) is 15.0. The van der Waals surface area contributed by atoms with Gasteiger partial charge in [0.05, 0.1) is 27.4 Å². The number of nitrogens with one attached hydrogen (secondary N) is 2. The van der Waals surface area contributed by atoms with E-state index in [0.29, 0.717) is 24.5 Å². The predicted molar refractivity (Wildman–Crippen MR) is 125 cm³/mol. The summed E-state index contributed by atoms with van der Waals surface area (Å²) in [7, 11) is 0. The SMILES string of the molecule is CCOc1ccccc1C(=O)NC(C(=O)NCCCc1nc2ccccc2s1)C(C)C. The molecular formula is C24H29N3O3S. The van der Waals surface area contributed by atoms with Crippen LogP contribution in [0.1, 0.15) is 42.6 Å². The molecule has 2 N–H and O–H groups in total. The van der Waals surface area contributed by atoms with Gasteiger partial charge in [0.2, 0.25) is 5.91 Å². The Morgan fingerprint density at radius 1 is 1.10 bits per heavy atom. The first kappa shape index (κ1) is 22.7. The molecule has 2 amide bonds. The van der Waals surface area contributed by atoms with Crippen LogP contribution < -0.4 is 15.4 Å². The van der Waals surface area contributed by atoms with Gasteiger partial charge in [-0.05, 0) is 43.5 Å². The highest BCUT2D eigenvalue weighted by Gasteiger charge is 2.25. The number of hydrogen-bond donors (Lipinski definition) is 2. The van der Waals surface area contributed by atoms with Crippen LogP contribution in [0, 0.1) is 5.92 Å². The molecular weight excluding hydrogens is 410 g/mol. The van der Waals surface area contributed by atoms with E-state index in [4.69, 9.17) is 4.74 Å². The van der Waals surface area contributed by atoms with Crippen LogP contribution in [0.5, 0.6) is 5.75 Å². The average Bonchev–Trinajstić information content (AvgIpc) is 3.18. The molecule has 1 unspecified atom stereocenters. The minimum absolute atomic E-state index is 0.0486. The summed E-state index contributed by atoms with van der Waals surface area (Å²) >= 11 is 1.69. The van der Waals surface area contributed by atoms with Crippen LogP contribution in [0.3, 0.4) is 0 Å². The lowest BCUT2D eigenvalue weighted by Crippen LogP contribution is -2.50. The van der Waals surface area contributed by atoms with E-state index in [0.717, 1.165) is 23.4 Å². The van der Waals surface area contributed by atoms with Crippen LogP contribution in [0.2, 0.25) is 0 Å². The van der Waals surface area contributed by atoms with E-state index in [1.54, 1.807) is 29.5 Å². The van der Waals surface area contributed by atoms with Gasteiger partial charge in [-0.1, -0.05) is 38.1 Å². The third kappa shape index (κ3) is 6.04. The summed E-state index contributed by atoms with van der Waals surface area (Å²) in [6.07, 6.45) is 1.59. The summed E-state index contributed by atoms with van der Waals surface area (Å²) < 4.78 is 6.71. The van der Waals surface area contributed by atoms with Gasteiger partial charge >= 0.3 is 0 Å². The maximum atomic E-state index is 12.8. The summed E-state index contributed by atoms with van der Waals surface area (Å²) in [4.78, 5) is 30.2. The van der Waals surface area contributed by atoms with E-state index in [9.17, 15) is 9.59 Å². The summed E-state index contributed by atoms with van der Waals surface area (Å²) in [5.74, 6) is -0.0253. The van der Waals surface area contributed by atoms with Crippen LogP contribution >= 0.6 is 11.3 Å². The van der Waals surface area contributed by atoms with Gasteiger partial charge in [-0.15, -0.1) is 11.3 Å². The first-order valence-corrected chi connectivity index (χ1v) is 11.5. The molecule has 1 atom stereocenters. The zero-order chi connectivity index (χ0) is 22.2. The summed E-state index contributed by atoms with van der Waals surface area (Å²) in [5.41, 5.74) is 1.44. The van der Waals surface area contributed by atoms with Crippen molar-refractivity contribution in [3.63, 3.8) is 0 Å². The number of thiazole rings is 1. The molecule has 0 fully saturated rings. The molecule has 7 heteroatoms. The van der Waals surface area contributed by atoms with Crippen LogP contribution in [0.15, 0.2) is 48.5 Å². The summed E-state index contributed by atoms with van der Waals surface area (Å²) in [6, 6.07) is 14.5. The van der Waals surface area contributed by atoms with E-state index in [1.165, 1.54) is 4.70 Å². The number of fused-ring (bicyclic) bond motifs is 1. The molecule has 0 aliphatic carbocycles. The molecule has 3 rings (SSSR count). The van der Waals surface area contributed by atoms with E-state index in [1.807, 2.05) is 45.0 Å². The monoisotopic (exact) mass is 439 g/mol. The second-order valence-electron chi connectivity index (χ2n) is 7.59. The highest BCUT2D eigenvalue weighted by Crippen LogP contribution is 2.22. The van der Waals surface area contributed by atoms with Gasteiger partial charge < -0.3 is 15.4 Å². The third-order valence-electron chi connectivity index (χ3n) is 4.87. The second-order valence-corrected chi connectivity index (χ2v) is 8.71. The Balaban J connectivity index is 1.53. The quantitative estimate of drug-likeness (QED) is 0.464. The number of carbonyl (C=O) groups excluding carboxylic acids is 2. The fraction of sp³-hybridized carbons (Fsp3) is 0.375. The van der Waals surface area contributed by atoms with Gasteiger partial charge in [0.1, 0.15) is 11.8 Å². The highest BCUT2D eigenvalue weighted by atomic mass is 32.1. The lowest BCUT2D eigenvalue weighted by molar-refractivity contribution is -0.123. The fourth-order valence-corrected chi connectivity index (χ4v) is 4.29. The zero-order valence-electron chi connectivity index (χ0n) is 18.2. The molecule has 0 saturated carbocycles. The Hall–Kier alpha value is -2.93. The largest absolute Gasteiger partial charge is 0.493 e. The van der Waals surface area contributed by atoms with Gasteiger partial charge in [0.15, 0.2) is 0 Å². The molecule has 1 heterocycles. The van der Waals surface area contributed by atoms with E-state index in [2.05, 4.69) is 21.7 Å². The number of ether oxygens (including phenoxy) is 1. The van der Waals surface area contributed by atoms with Gasteiger partial charge in [-0.2, -0.15) is 0 Å². The normalized spacial score (nSPS) is 12.0. The van der Waals surface area contributed by atoms with Crippen LogP contribution in [0.4, 0.5) is 0 Å². The molecule has 3 aromatic rings. The molecule has 0 aliphatic heterocycles. The Morgan fingerprint density at radius 3 is 2.58 bits per heavy atom. The predicted octanol–water partition coefficient (Wildman–Crippen LogP) is 4.20. The molecule has 2 aromatic carbocycles. The first-order valence-electron chi connectivity index (χ1n) is 10.6. The molecule has 0 aliphatic rings. The van der Waals surface area contributed by atoms with Crippen molar-refractivity contribution in [2.24, 2.45) is 5.92 Å². The van der Waals surface area contributed by atoms with Gasteiger partial charge in [-0.25, -0.2) is 4.98 Å². The number of rotatable bonds is 10. The van der Waals surface area contributed by atoms with Gasteiger partial charge in [0.25, 0.3) is 5.91 Å². The van der Waals surface area contributed by atoms with Crippen molar-refractivity contribution in [2.75, 3.05) is 13.2 Å². The van der Waals surface area contributed by atoms with E-state index in [-0.39, 0.29) is 17.7 Å². The summed E-state index contributed by atoms with van der Waals surface area (Å²) in [5, 5.41) is 6.89. The van der Waals surface area contributed by atoms with Crippen molar-refractivity contribution in [1.82, 2.24) is 15.6 Å². The Morgan fingerprint density at radius 2 is 1.84 bits per heavy atom. The Labute approximate surface area is 187 Å². The molecule has 0 radical (unpaired) electrons. The van der Waals surface area contributed by atoms with Gasteiger partial charge in [-0.3, -0.25) is 9.59 Å². The van der Waals surface area contributed by atoms with Crippen molar-refractivity contribution in [3.8, 4) is 5.75 Å². The van der Waals surface area contributed by atoms with Gasteiger partial charge in [0, 0.05) is 13.0 Å². The van der Waals surface area contributed by atoms with Crippen LogP contribution in [0.25, 0.3) is 10.2 Å². The number of nitrogens with zero attached hydrogens (tertiary/aromatic N) is 1. The Bertz CT molecular complexity index is 999. The number of para-hydroxylation sites is 2. The zero-order valence-corrected chi connectivity index (χ0v) is 19.0. The number of aryl methyl sites for hydroxylation is 1. The van der Waals surface area contributed by atoms with Crippen molar-refractivity contribution >= 4 is 33.4 Å². The molecule has 0 spiro atoms. The lowest BCUT2D eigenvalue weighted by Gasteiger charge is -2.22. The van der Waals surface area contributed by atoms with E-state index >= 15 is 0 Å². The maximum absolute atomic E-state index is 12.8. The average molecular weight is 440 g/mol. The molecule has 6 nitrogen and oxygen atoms in total. The molecule has 0 saturated heterocycles. The molecule has 1 aromatic heterocycles. The number of benzene rings is 2. The standard InChI is InChI=1S/C24H29N3O3S/c1-4-30-19-12-7-5-10-17(19)23(28)27-22(16(2)3)24(29)25-15-9-14-21-26-18-11-6-8-13-20(18)31-21/h5-8,10-13,16,22H,4,9,14-15H2,1-3H3,(H,25,29)(H,27,28). The third-order valence-corrected chi connectivity index (χ3v) is 5.97. The highest BCUT2D eigenvalue weighted by molar-refractivity contribution is 7.18. The minimum atomic E-state index is -0.621. The lowest BCUT2D eigenvalue weighted by atomic mass is 10.0. The number of amides is 2.